The monoisotopic (exact) mass is 343 g/mol. The Hall–Kier alpha value is -0.850. The van der Waals surface area contributed by atoms with Gasteiger partial charge in [-0.3, -0.25) is 4.90 Å². The molecule has 5 nitrogen and oxygen atoms in total. The highest BCUT2D eigenvalue weighted by Gasteiger charge is 2.23. The lowest BCUT2D eigenvalue weighted by molar-refractivity contribution is -0.0824. The highest BCUT2D eigenvalue weighted by atomic mass is 35.5. The largest absolute Gasteiger partial charge is 0.491 e. The van der Waals surface area contributed by atoms with Crippen LogP contribution in [0.5, 0.6) is 5.75 Å². The zero-order valence-corrected chi connectivity index (χ0v) is 14.5. The van der Waals surface area contributed by atoms with E-state index >= 15 is 0 Å². The number of β-amino-alcohol motifs (C(OH)–C–C–N with tert-alkyl or cyclic N) is 1. The van der Waals surface area contributed by atoms with E-state index < -0.39 is 6.10 Å². The van der Waals surface area contributed by atoms with Gasteiger partial charge in [0.15, 0.2) is 0 Å². The smallest absolute Gasteiger partial charge is 0.119 e. The van der Waals surface area contributed by atoms with Crippen LogP contribution in [0, 0.1) is 0 Å². The first-order valence-corrected chi connectivity index (χ1v) is 8.42. The van der Waals surface area contributed by atoms with Crippen LogP contribution < -0.4 is 4.74 Å². The van der Waals surface area contributed by atoms with Crippen LogP contribution in [0.25, 0.3) is 0 Å². The molecule has 1 aliphatic rings. The molecule has 1 fully saturated rings. The Kier molecular flexibility index (Phi) is 7.59. The van der Waals surface area contributed by atoms with Gasteiger partial charge in [-0.15, -0.1) is 0 Å². The van der Waals surface area contributed by atoms with Gasteiger partial charge in [-0.25, -0.2) is 0 Å². The third kappa shape index (κ3) is 7.06. The van der Waals surface area contributed by atoms with Gasteiger partial charge in [0.1, 0.15) is 12.4 Å². The molecule has 1 N–H and O–H groups in total. The Morgan fingerprint density at radius 2 is 1.87 bits per heavy atom. The van der Waals surface area contributed by atoms with Crippen LogP contribution in [0.1, 0.15) is 13.8 Å². The third-order valence-electron chi connectivity index (χ3n) is 3.58. The lowest BCUT2D eigenvalue weighted by atomic mass is 10.2. The number of ether oxygens (including phenoxy) is 3. The maximum atomic E-state index is 10.1. The molecule has 0 bridgehead atoms. The topological polar surface area (TPSA) is 51.2 Å². The van der Waals surface area contributed by atoms with Gasteiger partial charge in [-0.05, 0) is 38.1 Å². The summed E-state index contributed by atoms with van der Waals surface area (Å²) in [7, 11) is 0. The van der Waals surface area contributed by atoms with Crippen molar-refractivity contribution in [1.29, 1.82) is 0 Å². The van der Waals surface area contributed by atoms with E-state index in [2.05, 4.69) is 18.7 Å². The first-order chi connectivity index (χ1) is 11.0. The molecular formula is C17H26ClNO4. The fourth-order valence-electron chi connectivity index (χ4n) is 2.75. The SMILES string of the molecule is C[C@@H]1CN(C[C@@H](O)COCCOc2ccc(Cl)cc2)C[C@@H](C)O1. The summed E-state index contributed by atoms with van der Waals surface area (Å²) in [6.45, 7) is 7.61. The highest BCUT2D eigenvalue weighted by Crippen LogP contribution is 2.15. The van der Waals surface area contributed by atoms with Crippen molar-refractivity contribution in [2.24, 2.45) is 0 Å². The molecule has 2 rings (SSSR count). The molecule has 0 spiro atoms. The minimum Gasteiger partial charge on any atom is -0.491 e. The van der Waals surface area contributed by atoms with Gasteiger partial charge in [0.25, 0.3) is 0 Å². The predicted molar refractivity (Wildman–Crippen MR) is 90.2 cm³/mol. The minimum atomic E-state index is -0.497. The molecule has 1 heterocycles. The Bertz CT molecular complexity index is 446. The Morgan fingerprint density at radius 3 is 2.52 bits per heavy atom. The van der Waals surface area contributed by atoms with Crippen molar-refractivity contribution in [2.45, 2.75) is 32.2 Å². The molecule has 6 heteroatoms. The fraction of sp³-hybridized carbons (Fsp3) is 0.647. The average Bonchev–Trinajstić information content (AvgIpc) is 2.47. The number of rotatable bonds is 8. The van der Waals surface area contributed by atoms with Gasteiger partial charge in [0.2, 0.25) is 0 Å². The van der Waals surface area contributed by atoms with Gasteiger partial charge < -0.3 is 19.3 Å². The first-order valence-electron chi connectivity index (χ1n) is 8.05. The number of aliphatic hydroxyl groups excluding tert-OH is 1. The summed E-state index contributed by atoms with van der Waals surface area (Å²) in [4.78, 5) is 2.22. The first kappa shape index (κ1) is 18.5. The number of morpholine rings is 1. The van der Waals surface area contributed by atoms with Crippen LogP contribution in [0.15, 0.2) is 24.3 Å². The molecule has 0 saturated carbocycles. The summed E-state index contributed by atoms with van der Waals surface area (Å²) in [5.41, 5.74) is 0. The molecule has 0 radical (unpaired) electrons. The zero-order valence-electron chi connectivity index (χ0n) is 13.8. The molecule has 0 aliphatic carbocycles. The summed E-state index contributed by atoms with van der Waals surface area (Å²) in [5, 5.41) is 10.7. The van der Waals surface area contributed by atoms with Crippen LogP contribution in [0.4, 0.5) is 0 Å². The molecule has 0 unspecified atom stereocenters. The normalized spacial score (nSPS) is 23.7. The van der Waals surface area contributed by atoms with Gasteiger partial charge in [0, 0.05) is 24.7 Å². The quantitative estimate of drug-likeness (QED) is 0.733. The molecule has 0 amide bonds. The molecule has 1 saturated heterocycles. The zero-order chi connectivity index (χ0) is 16.7. The summed E-state index contributed by atoms with van der Waals surface area (Å²) in [5.74, 6) is 0.759. The molecule has 23 heavy (non-hydrogen) atoms. The maximum absolute atomic E-state index is 10.1. The van der Waals surface area contributed by atoms with Crippen LogP contribution >= 0.6 is 11.6 Å². The van der Waals surface area contributed by atoms with E-state index in [0.717, 1.165) is 18.8 Å². The molecule has 3 atom stereocenters. The Morgan fingerprint density at radius 1 is 1.22 bits per heavy atom. The molecule has 0 aromatic heterocycles. The van der Waals surface area contributed by atoms with Crippen LogP contribution in [0.3, 0.4) is 0 Å². The van der Waals surface area contributed by atoms with E-state index in [1.54, 1.807) is 12.1 Å². The van der Waals surface area contributed by atoms with Crippen molar-refractivity contribution in [3.05, 3.63) is 29.3 Å². The van der Waals surface area contributed by atoms with Crippen molar-refractivity contribution in [3.8, 4) is 5.75 Å². The second-order valence-corrected chi connectivity index (χ2v) is 6.44. The number of hydrogen-bond acceptors (Lipinski definition) is 5. The van der Waals surface area contributed by atoms with E-state index in [-0.39, 0.29) is 12.2 Å². The summed E-state index contributed by atoms with van der Waals surface area (Å²) in [6, 6.07) is 7.20. The van der Waals surface area contributed by atoms with Gasteiger partial charge in [-0.2, -0.15) is 0 Å². The van der Waals surface area contributed by atoms with Gasteiger partial charge >= 0.3 is 0 Å². The highest BCUT2D eigenvalue weighted by molar-refractivity contribution is 6.30. The van der Waals surface area contributed by atoms with E-state index in [0.29, 0.717) is 31.4 Å². The summed E-state index contributed by atoms with van der Waals surface area (Å²) in [6.07, 6.45) is -0.0812. The molecule has 130 valence electrons. The predicted octanol–water partition coefficient (Wildman–Crippen LogP) is 2.21. The number of nitrogens with zero attached hydrogens (tertiary/aromatic N) is 1. The molecule has 1 aromatic rings. The van der Waals surface area contributed by atoms with Crippen LogP contribution in [-0.2, 0) is 9.47 Å². The van der Waals surface area contributed by atoms with E-state index in [1.807, 2.05) is 12.1 Å². The molecule has 1 aromatic carbocycles. The van der Waals surface area contributed by atoms with E-state index in [9.17, 15) is 5.11 Å². The van der Waals surface area contributed by atoms with E-state index in [4.69, 9.17) is 25.8 Å². The number of benzene rings is 1. The van der Waals surface area contributed by atoms with E-state index in [1.165, 1.54) is 0 Å². The second kappa shape index (κ2) is 9.45. The summed E-state index contributed by atoms with van der Waals surface area (Å²) < 4.78 is 16.7. The lowest BCUT2D eigenvalue weighted by Gasteiger charge is -2.36. The Balaban J connectivity index is 1.56. The van der Waals surface area contributed by atoms with Gasteiger partial charge in [0.05, 0.1) is 31.5 Å². The van der Waals surface area contributed by atoms with Crippen LogP contribution in [0.2, 0.25) is 5.02 Å². The van der Waals surface area contributed by atoms with Crippen LogP contribution in [-0.4, -0.2) is 67.8 Å². The number of halogens is 1. The van der Waals surface area contributed by atoms with Crippen molar-refractivity contribution in [2.75, 3.05) is 39.5 Å². The Labute approximate surface area is 143 Å². The van der Waals surface area contributed by atoms with Gasteiger partial charge in [-0.1, -0.05) is 11.6 Å². The van der Waals surface area contributed by atoms with Crippen molar-refractivity contribution < 1.29 is 19.3 Å². The number of aliphatic hydroxyl groups is 1. The molecule has 1 aliphatic heterocycles. The van der Waals surface area contributed by atoms with Crippen molar-refractivity contribution in [1.82, 2.24) is 4.90 Å². The standard InChI is InChI=1S/C17H26ClNO4/c1-13-9-19(10-14(2)23-13)11-16(20)12-21-7-8-22-17-5-3-15(18)4-6-17/h3-6,13-14,16,20H,7-12H2,1-2H3/t13-,14-,16-/m1/s1. The lowest BCUT2D eigenvalue weighted by Crippen LogP contribution is -2.48. The maximum Gasteiger partial charge on any atom is 0.119 e. The summed E-state index contributed by atoms with van der Waals surface area (Å²) >= 11 is 5.81. The minimum absolute atomic E-state index is 0.208. The fourth-order valence-corrected chi connectivity index (χ4v) is 2.88. The number of hydrogen-bond donors (Lipinski definition) is 1. The second-order valence-electron chi connectivity index (χ2n) is 6.01. The van der Waals surface area contributed by atoms with Crippen molar-refractivity contribution >= 4 is 11.6 Å². The molecular weight excluding hydrogens is 318 g/mol. The van der Waals surface area contributed by atoms with Crippen molar-refractivity contribution in [3.63, 3.8) is 0 Å². The third-order valence-corrected chi connectivity index (χ3v) is 3.84. The average molecular weight is 344 g/mol.